The second-order valence-corrected chi connectivity index (χ2v) is 5.04. The Morgan fingerprint density at radius 3 is 2.58 bits per heavy atom. The molecule has 0 spiro atoms. The highest BCUT2D eigenvalue weighted by atomic mass is 35.5. The van der Waals surface area contributed by atoms with E-state index in [1.807, 2.05) is 0 Å². The number of methoxy groups -OCH3 is 1. The van der Waals surface area contributed by atoms with Crippen LogP contribution in [0.4, 0.5) is 5.69 Å². The molecule has 0 aliphatic carbocycles. The van der Waals surface area contributed by atoms with Crippen LogP contribution >= 0.6 is 12.4 Å². The molecule has 3 N–H and O–H groups in total. The molecular formula is C9H14ClN3O5S. The molecule has 0 heterocycles. The highest BCUT2D eigenvalue weighted by Crippen LogP contribution is 2.29. The Kier molecular flexibility index (Phi) is 6.70. The summed E-state index contributed by atoms with van der Waals surface area (Å²) in [6.45, 7) is 0.241. The number of nitrogens with two attached hydrogens (primary N) is 1. The Morgan fingerprint density at radius 1 is 1.47 bits per heavy atom. The van der Waals surface area contributed by atoms with Crippen LogP contribution in [0.1, 0.15) is 0 Å². The first-order chi connectivity index (χ1) is 8.42. The zero-order valence-electron chi connectivity index (χ0n) is 10.0. The lowest BCUT2D eigenvalue weighted by Crippen LogP contribution is -2.29. The average molecular weight is 312 g/mol. The van der Waals surface area contributed by atoms with Crippen molar-refractivity contribution in [3.8, 4) is 5.75 Å². The zero-order chi connectivity index (χ0) is 13.8. The number of nitro groups is 1. The number of ether oxygens (including phenoxy) is 1. The Hall–Kier alpha value is -1.42. The third-order valence-corrected chi connectivity index (χ3v) is 3.55. The Labute approximate surface area is 116 Å². The summed E-state index contributed by atoms with van der Waals surface area (Å²) >= 11 is 0. The number of nitrogens with one attached hydrogen (secondary N) is 1. The van der Waals surface area contributed by atoms with Gasteiger partial charge in [0, 0.05) is 25.2 Å². The number of halogens is 1. The fourth-order valence-corrected chi connectivity index (χ4v) is 2.32. The number of hydrogen-bond donors (Lipinski definition) is 2. The van der Waals surface area contributed by atoms with Gasteiger partial charge in [0.2, 0.25) is 10.0 Å². The molecule has 0 saturated carbocycles. The lowest BCUT2D eigenvalue weighted by Gasteiger charge is -2.07. The van der Waals surface area contributed by atoms with Crippen molar-refractivity contribution in [2.24, 2.45) is 5.73 Å². The number of rotatable bonds is 6. The van der Waals surface area contributed by atoms with E-state index in [9.17, 15) is 18.5 Å². The molecule has 0 aromatic heterocycles. The van der Waals surface area contributed by atoms with Crippen molar-refractivity contribution in [1.82, 2.24) is 4.72 Å². The van der Waals surface area contributed by atoms with Gasteiger partial charge in [-0.1, -0.05) is 0 Å². The van der Waals surface area contributed by atoms with Crippen LogP contribution in [-0.4, -0.2) is 33.5 Å². The van der Waals surface area contributed by atoms with E-state index in [4.69, 9.17) is 10.5 Å². The summed E-state index contributed by atoms with van der Waals surface area (Å²) in [6, 6.07) is 3.31. The van der Waals surface area contributed by atoms with Crippen LogP contribution in [0.15, 0.2) is 23.1 Å². The highest BCUT2D eigenvalue weighted by molar-refractivity contribution is 7.89. The maximum atomic E-state index is 11.7. The largest absolute Gasteiger partial charge is 0.490 e. The SMILES string of the molecule is COc1cc(S(=O)(=O)NCCN)ccc1[N+](=O)[O-].Cl. The minimum absolute atomic E-state index is 0. The minimum atomic E-state index is -3.73. The number of sulfonamides is 1. The first-order valence-electron chi connectivity index (χ1n) is 4.94. The third kappa shape index (κ3) is 4.31. The lowest BCUT2D eigenvalue weighted by atomic mass is 10.3. The van der Waals surface area contributed by atoms with Gasteiger partial charge >= 0.3 is 5.69 Å². The van der Waals surface area contributed by atoms with Gasteiger partial charge in [0.1, 0.15) is 0 Å². The van der Waals surface area contributed by atoms with Crippen molar-refractivity contribution in [3.63, 3.8) is 0 Å². The van der Waals surface area contributed by atoms with Gasteiger partial charge in [-0.05, 0) is 6.07 Å². The molecule has 0 amide bonds. The van der Waals surface area contributed by atoms with E-state index in [-0.39, 0.29) is 41.8 Å². The second-order valence-electron chi connectivity index (χ2n) is 3.28. The topological polar surface area (TPSA) is 125 Å². The summed E-state index contributed by atoms with van der Waals surface area (Å²) in [5, 5.41) is 10.7. The lowest BCUT2D eigenvalue weighted by molar-refractivity contribution is -0.385. The standard InChI is InChI=1S/C9H13N3O5S.ClH/c1-17-9-6-7(2-3-8(9)12(13)14)18(15,16)11-5-4-10;/h2-3,6,11H,4-5,10H2,1H3;1H. The van der Waals surface area contributed by atoms with E-state index in [0.29, 0.717) is 0 Å². The summed E-state index contributed by atoms with van der Waals surface area (Å²) in [7, 11) is -2.50. The maximum absolute atomic E-state index is 11.7. The molecule has 0 radical (unpaired) electrons. The van der Waals surface area contributed by atoms with Crippen molar-refractivity contribution in [2.45, 2.75) is 4.90 Å². The second kappa shape index (κ2) is 7.24. The van der Waals surface area contributed by atoms with Crippen LogP contribution in [0, 0.1) is 10.1 Å². The minimum Gasteiger partial charge on any atom is -0.490 e. The molecule has 0 fully saturated rings. The molecule has 10 heteroatoms. The molecule has 8 nitrogen and oxygen atoms in total. The smallest absolute Gasteiger partial charge is 0.310 e. The molecule has 0 unspecified atom stereocenters. The van der Waals surface area contributed by atoms with Gasteiger partial charge in [0.05, 0.1) is 16.9 Å². The molecule has 1 aromatic rings. The number of nitrogens with zero attached hydrogens (tertiary/aromatic N) is 1. The molecule has 19 heavy (non-hydrogen) atoms. The monoisotopic (exact) mass is 311 g/mol. The molecule has 108 valence electrons. The van der Waals surface area contributed by atoms with Crippen LogP contribution in [-0.2, 0) is 10.0 Å². The predicted molar refractivity (Wildman–Crippen MR) is 71.1 cm³/mol. The van der Waals surface area contributed by atoms with Crippen molar-refractivity contribution in [1.29, 1.82) is 0 Å². The molecule has 0 atom stereocenters. The van der Waals surface area contributed by atoms with Gasteiger partial charge in [-0.3, -0.25) is 10.1 Å². The Bertz CT molecular complexity index is 549. The van der Waals surface area contributed by atoms with E-state index in [2.05, 4.69) is 4.72 Å². The first kappa shape index (κ1) is 17.6. The summed E-state index contributed by atoms with van der Waals surface area (Å²) in [5.74, 6) is -0.115. The van der Waals surface area contributed by atoms with E-state index in [0.717, 1.165) is 18.2 Å². The van der Waals surface area contributed by atoms with Crippen molar-refractivity contribution < 1.29 is 18.1 Å². The molecule has 0 bridgehead atoms. The fourth-order valence-electron chi connectivity index (χ4n) is 1.25. The number of benzene rings is 1. The Morgan fingerprint density at radius 2 is 2.11 bits per heavy atom. The van der Waals surface area contributed by atoms with Gasteiger partial charge in [0.25, 0.3) is 0 Å². The van der Waals surface area contributed by atoms with Gasteiger partial charge in [-0.15, -0.1) is 12.4 Å². The summed E-state index contributed by atoms with van der Waals surface area (Å²) < 4.78 is 30.5. The molecule has 0 aliphatic rings. The summed E-state index contributed by atoms with van der Waals surface area (Å²) in [4.78, 5) is 9.89. The molecular weight excluding hydrogens is 298 g/mol. The molecule has 1 aromatic carbocycles. The Balaban J connectivity index is 0.00000324. The number of nitro benzene ring substituents is 1. The van der Waals surface area contributed by atoms with E-state index >= 15 is 0 Å². The van der Waals surface area contributed by atoms with Gasteiger partial charge in [-0.2, -0.15) is 0 Å². The van der Waals surface area contributed by atoms with E-state index in [1.165, 1.54) is 7.11 Å². The summed E-state index contributed by atoms with van der Waals surface area (Å²) in [6.07, 6.45) is 0. The molecule has 0 saturated heterocycles. The third-order valence-electron chi connectivity index (χ3n) is 2.09. The maximum Gasteiger partial charge on any atom is 0.310 e. The van der Waals surface area contributed by atoms with Crippen LogP contribution in [0.5, 0.6) is 5.75 Å². The first-order valence-corrected chi connectivity index (χ1v) is 6.43. The van der Waals surface area contributed by atoms with Crippen molar-refractivity contribution in [2.75, 3.05) is 20.2 Å². The quantitative estimate of drug-likeness (QED) is 0.573. The van der Waals surface area contributed by atoms with E-state index in [1.54, 1.807) is 0 Å². The summed E-state index contributed by atoms with van der Waals surface area (Å²) in [5.41, 5.74) is 4.90. The van der Waals surface area contributed by atoms with Gasteiger partial charge in [0.15, 0.2) is 5.75 Å². The molecule has 0 aliphatic heterocycles. The van der Waals surface area contributed by atoms with Crippen molar-refractivity contribution in [3.05, 3.63) is 28.3 Å². The van der Waals surface area contributed by atoms with Crippen LogP contribution in [0.3, 0.4) is 0 Å². The van der Waals surface area contributed by atoms with Crippen LogP contribution in [0.2, 0.25) is 0 Å². The van der Waals surface area contributed by atoms with Gasteiger partial charge < -0.3 is 10.5 Å². The normalized spacial score (nSPS) is 10.6. The average Bonchev–Trinajstić information content (AvgIpc) is 2.35. The molecule has 1 rings (SSSR count). The highest BCUT2D eigenvalue weighted by Gasteiger charge is 2.20. The predicted octanol–water partition coefficient (Wildman–Crippen LogP) is 0.262. The zero-order valence-corrected chi connectivity index (χ0v) is 11.7. The van der Waals surface area contributed by atoms with Crippen molar-refractivity contribution >= 4 is 28.1 Å². The van der Waals surface area contributed by atoms with Crippen LogP contribution in [0.25, 0.3) is 0 Å². The number of hydrogen-bond acceptors (Lipinski definition) is 6. The van der Waals surface area contributed by atoms with Gasteiger partial charge in [-0.25, -0.2) is 13.1 Å². The fraction of sp³-hybridized carbons (Fsp3) is 0.333. The van der Waals surface area contributed by atoms with E-state index < -0.39 is 14.9 Å². The van der Waals surface area contributed by atoms with Crippen LogP contribution < -0.4 is 15.2 Å².